The van der Waals surface area contributed by atoms with Crippen molar-refractivity contribution >= 4 is 0 Å². The van der Waals surface area contributed by atoms with Crippen molar-refractivity contribution < 1.29 is 0 Å². The third-order valence-corrected chi connectivity index (χ3v) is 1.41. The smallest absolute Gasteiger partial charge is 0.0608 e. The van der Waals surface area contributed by atoms with Crippen LogP contribution >= 0.6 is 0 Å². The molecule has 0 radical (unpaired) electrons. The summed E-state index contributed by atoms with van der Waals surface area (Å²) in [4.78, 5) is 1.76. The molecular weight excluding hydrogens is 138 g/mol. The third-order valence-electron chi connectivity index (χ3n) is 1.41. The summed E-state index contributed by atoms with van der Waals surface area (Å²) in [5, 5.41) is 0. The van der Waals surface area contributed by atoms with Crippen LogP contribution < -0.4 is 11.5 Å². The van der Waals surface area contributed by atoms with Crippen molar-refractivity contribution in [1.82, 2.24) is 4.90 Å². The summed E-state index contributed by atoms with van der Waals surface area (Å²) < 4.78 is 0. The average molecular weight is 149 g/mol. The van der Waals surface area contributed by atoms with Gasteiger partial charge in [-0.1, -0.05) is 6.58 Å². The van der Waals surface area contributed by atoms with Crippen LogP contribution in [0.1, 0.15) is 0 Å². The molecule has 0 aromatic rings. The van der Waals surface area contributed by atoms with Crippen molar-refractivity contribution in [2.45, 2.75) is 0 Å². The van der Waals surface area contributed by atoms with E-state index in [1.807, 2.05) is 12.3 Å². The fourth-order valence-electron chi connectivity index (χ4n) is 0.807. The fourth-order valence-corrected chi connectivity index (χ4v) is 0.807. The predicted octanol–water partition coefficient (Wildman–Crippen LogP) is 0.602. The van der Waals surface area contributed by atoms with Gasteiger partial charge in [0.25, 0.3) is 0 Å². The molecule has 0 fully saturated rings. The first kappa shape index (κ1) is 7.47. The van der Waals surface area contributed by atoms with Gasteiger partial charge in [0.05, 0.1) is 11.4 Å². The van der Waals surface area contributed by atoms with E-state index in [-0.39, 0.29) is 0 Å². The Balaban J connectivity index is 2.81. The van der Waals surface area contributed by atoms with Gasteiger partial charge in [-0.05, 0) is 12.2 Å². The zero-order valence-corrected chi connectivity index (χ0v) is 6.20. The highest BCUT2D eigenvalue weighted by atomic mass is 15.1. The maximum absolute atomic E-state index is 5.59. The predicted molar refractivity (Wildman–Crippen MR) is 45.7 cm³/mol. The van der Waals surface area contributed by atoms with Crippen LogP contribution in [0, 0.1) is 0 Å². The van der Waals surface area contributed by atoms with Gasteiger partial charge in [0.15, 0.2) is 0 Å². The van der Waals surface area contributed by atoms with Crippen molar-refractivity contribution in [3.63, 3.8) is 0 Å². The Morgan fingerprint density at radius 3 is 2.91 bits per heavy atom. The van der Waals surface area contributed by atoms with E-state index >= 15 is 0 Å². The van der Waals surface area contributed by atoms with Crippen LogP contribution in [-0.4, -0.2) is 4.90 Å². The lowest BCUT2D eigenvalue weighted by molar-refractivity contribution is 0.631. The maximum Gasteiger partial charge on any atom is 0.0608 e. The molecule has 1 rings (SSSR count). The van der Waals surface area contributed by atoms with Gasteiger partial charge in [-0.2, -0.15) is 0 Å². The lowest BCUT2D eigenvalue weighted by atomic mass is 10.2. The third kappa shape index (κ3) is 1.43. The Hall–Kier alpha value is -1.64. The van der Waals surface area contributed by atoms with Crippen LogP contribution in [0.3, 0.4) is 0 Å². The molecule has 58 valence electrons. The monoisotopic (exact) mass is 149 g/mol. The van der Waals surface area contributed by atoms with E-state index in [2.05, 4.69) is 6.58 Å². The topological polar surface area (TPSA) is 55.3 Å². The lowest BCUT2D eigenvalue weighted by Crippen LogP contribution is -2.17. The molecule has 1 aliphatic rings. The zero-order valence-electron chi connectivity index (χ0n) is 6.20. The molecule has 0 aromatic heterocycles. The zero-order chi connectivity index (χ0) is 8.27. The van der Waals surface area contributed by atoms with Crippen LogP contribution in [-0.2, 0) is 0 Å². The highest BCUT2D eigenvalue weighted by Crippen LogP contribution is 2.13. The van der Waals surface area contributed by atoms with Crippen molar-refractivity contribution in [1.29, 1.82) is 0 Å². The standard InChI is InChI=1S/C8H11N3/c1-7-8(10)3-2-5-11(7)6-4-9/h2-6H,1,9-10H2/b6-4-. The van der Waals surface area contributed by atoms with E-state index in [0.29, 0.717) is 5.70 Å². The highest BCUT2D eigenvalue weighted by Gasteiger charge is 2.05. The van der Waals surface area contributed by atoms with E-state index in [1.54, 1.807) is 17.2 Å². The fraction of sp³-hybridized carbons (Fsp3) is 0. The summed E-state index contributed by atoms with van der Waals surface area (Å²) in [7, 11) is 0. The Morgan fingerprint density at radius 2 is 2.27 bits per heavy atom. The van der Waals surface area contributed by atoms with Crippen molar-refractivity contribution in [3.05, 3.63) is 48.7 Å². The number of rotatable bonds is 1. The Labute approximate surface area is 66.0 Å². The van der Waals surface area contributed by atoms with Gasteiger partial charge in [0, 0.05) is 18.6 Å². The first-order chi connectivity index (χ1) is 5.25. The Kier molecular flexibility index (Phi) is 2.01. The summed E-state index contributed by atoms with van der Waals surface area (Å²) in [6, 6.07) is 0. The summed E-state index contributed by atoms with van der Waals surface area (Å²) in [5.74, 6) is 0. The van der Waals surface area contributed by atoms with Crippen LogP contribution in [0.5, 0.6) is 0 Å². The first-order valence-corrected chi connectivity index (χ1v) is 3.25. The number of hydrogen-bond donors (Lipinski definition) is 2. The molecule has 0 bridgehead atoms. The van der Waals surface area contributed by atoms with Crippen molar-refractivity contribution in [2.75, 3.05) is 0 Å². The largest absolute Gasteiger partial charge is 0.403 e. The Morgan fingerprint density at radius 1 is 1.55 bits per heavy atom. The number of nitrogens with two attached hydrogens (primary N) is 2. The minimum Gasteiger partial charge on any atom is -0.403 e. The molecule has 0 amide bonds. The van der Waals surface area contributed by atoms with E-state index in [9.17, 15) is 0 Å². The molecule has 0 spiro atoms. The highest BCUT2D eigenvalue weighted by molar-refractivity contribution is 5.34. The second-order valence-corrected chi connectivity index (χ2v) is 2.16. The van der Waals surface area contributed by atoms with Crippen molar-refractivity contribution in [3.8, 4) is 0 Å². The van der Waals surface area contributed by atoms with Crippen LogP contribution in [0.2, 0.25) is 0 Å². The molecule has 0 saturated heterocycles. The van der Waals surface area contributed by atoms with Crippen LogP contribution in [0.25, 0.3) is 0 Å². The Bertz CT molecular complexity index is 248. The van der Waals surface area contributed by atoms with E-state index < -0.39 is 0 Å². The molecule has 11 heavy (non-hydrogen) atoms. The molecule has 3 nitrogen and oxygen atoms in total. The number of nitrogens with zero attached hydrogens (tertiary/aromatic N) is 1. The van der Waals surface area contributed by atoms with Crippen LogP contribution in [0.15, 0.2) is 48.7 Å². The average Bonchev–Trinajstić information content (AvgIpc) is 1.99. The minimum atomic E-state index is 0.658. The summed E-state index contributed by atoms with van der Waals surface area (Å²) in [6.45, 7) is 3.77. The molecule has 0 saturated carbocycles. The second-order valence-electron chi connectivity index (χ2n) is 2.16. The quantitative estimate of drug-likeness (QED) is 0.574. The van der Waals surface area contributed by atoms with Gasteiger partial charge in [-0.15, -0.1) is 0 Å². The molecule has 0 atom stereocenters. The van der Waals surface area contributed by atoms with Crippen molar-refractivity contribution in [2.24, 2.45) is 11.5 Å². The van der Waals surface area contributed by atoms with Gasteiger partial charge in [0.1, 0.15) is 0 Å². The molecule has 0 unspecified atom stereocenters. The number of allylic oxidation sites excluding steroid dienone is 2. The summed E-state index contributed by atoms with van der Waals surface area (Å²) in [6.07, 6.45) is 8.60. The van der Waals surface area contributed by atoms with Crippen LogP contribution in [0.4, 0.5) is 0 Å². The van der Waals surface area contributed by atoms with Gasteiger partial charge < -0.3 is 16.4 Å². The second kappa shape index (κ2) is 2.96. The molecule has 4 N–H and O–H groups in total. The molecule has 0 aliphatic carbocycles. The van der Waals surface area contributed by atoms with Gasteiger partial charge in [-0.3, -0.25) is 0 Å². The van der Waals surface area contributed by atoms with Gasteiger partial charge in [0.2, 0.25) is 0 Å². The van der Waals surface area contributed by atoms with Gasteiger partial charge in [-0.25, -0.2) is 0 Å². The SMILES string of the molecule is C=C1C(N)=CC=CN1/C=C\N. The summed E-state index contributed by atoms with van der Waals surface area (Å²) in [5.41, 5.74) is 12.2. The first-order valence-electron chi connectivity index (χ1n) is 3.25. The normalized spacial score (nSPS) is 17.6. The molecule has 3 heteroatoms. The molecule has 0 aromatic carbocycles. The van der Waals surface area contributed by atoms with E-state index in [4.69, 9.17) is 11.5 Å². The summed E-state index contributed by atoms with van der Waals surface area (Å²) >= 11 is 0. The minimum absolute atomic E-state index is 0.658. The molecule has 1 aliphatic heterocycles. The van der Waals surface area contributed by atoms with Gasteiger partial charge >= 0.3 is 0 Å². The molecule has 1 heterocycles. The van der Waals surface area contributed by atoms with E-state index in [1.165, 1.54) is 6.20 Å². The maximum atomic E-state index is 5.59. The lowest BCUT2D eigenvalue weighted by Gasteiger charge is -2.20. The van der Waals surface area contributed by atoms with E-state index in [0.717, 1.165) is 5.70 Å². The molecular formula is C8H11N3. The number of hydrogen-bond acceptors (Lipinski definition) is 3.